The molecule has 0 aliphatic rings. The van der Waals surface area contributed by atoms with Gasteiger partial charge in [-0.25, -0.2) is 38.4 Å². The molecular formula is C54H84N24O30. The largest absolute Gasteiger partial charge is 0.468 e. The fraction of sp³-hybridized carbons (Fsp3) is 0.556. The van der Waals surface area contributed by atoms with Crippen molar-refractivity contribution in [1.82, 2.24) is 81.1 Å². The number of ether oxygens (including phenoxy) is 6. The van der Waals surface area contributed by atoms with E-state index in [1.165, 1.54) is 40.6 Å². The molecule has 8 aromatic rings. The third kappa shape index (κ3) is 38.9. The standard InChI is InChI=1S/2C8H13N3O4.2C7H11N3O4.2C6H9N3O4.2C6H9N3O3/c2*1-5(2)14-6(12)4-11(3)7-9-8(13)15-10-7;2*1-3-13-5(11)4-10(2)6-8-7(12)14-9-6;2*1-9(3-4(10)12-2)5-7-6(11)13-8-5;2*1-4(10)3-9(2)5-7-6(11)12-8-5/h2*5H,4H2,1-3H3,(H,9,10,13);2*3-4H2,1-2H3,(H,8,9,12);2*3H2,1-2H3,(H,7,8,11);2*3H2,1-2H3,(H,7,8,11)/i3D3;;2D3;;1D3;;2D3;. The summed E-state index contributed by atoms with van der Waals surface area (Å²) >= 11 is 0. The first-order valence-electron chi connectivity index (χ1n) is 35.8. The van der Waals surface area contributed by atoms with E-state index in [1.807, 2.05) is 4.98 Å². The number of likely N-dealkylation sites (N-methyl/N-ethyl adjacent to an activating group) is 8. The van der Waals surface area contributed by atoms with Crippen LogP contribution in [0.15, 0.2) is 74.5 Å². The molecule has 0 atom stereocenters. The number of anilines is 8. The molecule has 54 nitrogen and oxygen atoms in total. The van der Waals surface area contributed by atoms with Crippen molar-refractivity contribution < 1.29 is 119 Å². The van der Waals surface area contributed by atoms with Gasteiger partial charge in [0.1, 0.15) is 50.8 Å². The molecule has 0 radical (unpaired) electrons. The maximum absolute atomic E-state index is 11.4. The van der Waals surface area contributed by atoms with Gasteiger partial charge in [0.2, 0.25) is 47.6 Å². The summed E-state index contributed by atoms with van der Waals surface area (Å²) in [5, 5.41) is 26.4. The molecule has 54 heteroatoms. The van der Waals surface area contributed by atoms with Crippen molar-refractivity contribution in [3.8, 4) is 0 Å². The first-order chi connectivity index (χ1) is 55.5. The van der Waals surface area contributed by atoms with Gasteiger partial charge in [0.25, 0.3) is 0 Å². The van der Waals surface area contributed by atoms with Crippen LogP contribution in [0, 0.1) is 0 Å². The first-order valence-corrected chi connectivity index (χ1v) is 29.8. The Morgan fingerprint density at radius 3 is 0.694 bits per heavy atom. The number of ketones is 2. The summed E-state index contributed by atoms with van der Waals surface area (Å²) in [6.07, 6.45) is -0.533. The highest BCUT2D eigenvalue weighted by atomic mass is 16.6. The summed E-state index contributed by atoms with van der Waals surface area (Å²) in [4.78, 5) is 199. The van der Waals surface area contributed by atoms with E-state index in [2.05, 4.69) is 127 Å². The van der Waals surface area contributed by atoms with Crippen molar-refractivity contribution in [2.45, 2.75) is 67.6 Å². The monoisotopic (exact) mass is 1560 g/mol. The zero-order valence-electron chi connectivity index (χ0n) is 71.6. The Labute approximate surface area is 621 Å². The Morgan fingerprint density at radius 2 is 0.500 bits per heavy atom. The van der Waals surface area contributed by atoms with Gasteiger partial charge in [-0.3, -0.25) is 114 Å². The molecular weight excluding hydrogens is 1460 g/mol. The van der Waals surface area contributed by atoms with Crippen LogP contribution < -0.4 is 85.2 Å². The van der Waals surface area contributed by atoms with E-state index in [0.717, 1.165) is 7.11 Å². The van der Waals surface area contributed by atoms with Crippen LogP contribution in [-0.4, -0.2) is 277 Å². The van der Waals surface area contributed by atoms with Gasteiger partial charge in [0, 0.05) is 72.5 Å². The molecule has 0 unspecified atom stereocenters. The average molecular weight is 1560 g/mol. The fourth-order valence-electron chi connectivity index (χ4n) is 6.17. The van der Waals surface area contributed by atoms with Gasteiger partial charge in [-0.2, -0.15) is 0 Å². The SMILES string of the molecule is CC(=O)CN(C)c1noc(=O)[nH]1.CC(C)OC(=O)CN(C)c1noc(=O)[nH]1.CCOC(=O)CN(C)c1noc(=O)[nH]1.COC(=O)CN(C)c1noc(=O)[nH]1.[2H]C([2H])([2H])N(CC(=O)OC(C)C)c1noc(=O)[nH]1.[2H]C([2H])([2H])N(CC(=O)OC)c1noc(=O)[nH]1.[2H]C([2H])([2H])N(CC(=O)OCC)c1noc(=O)[nH]1.[2H]C([2H])([2H])N(CC(C)=O)c1noc(=O)[nH]1. The lowest BCUT2D eigenvalue weighted by Gasteiger charge is -2.14. The summed E-state index contributed by atoms with van der Waals surface area (Å²) < 4.78 is 148. The first kappa shape index (κ1) is 72.4. The minimum atomic E-state index is -2.66. The van der Waals surface area contributed by atoms with Crippen LogP contribution in [0.3, 0.4) is 0 Å². The summed E-state index contributed by atoms with van der Waals surface area (Å²) in [5.41, 5.74) is 0. The van der Waals surface area contributed by atoms with E-state index in [1.54, 1.807) is 69.7 Å². The lowest BCUT2D eigenvalue weighted by Crippen LogP contribution is -2.29. The highest BCUT2D eigenvalue weighted by molar-refractivity contribution is 5.81. The Balaban J connectivity index is 0.000000687. The number of hydrogen-bond donors (Lipinski definition) is 8. The van der Waals surface area contributed by atoms with Crippen LogP contribution in [0.5, 0.6) is 0 Å². The molecule has 0 saturated heterocycles. The van der Waals surface area contributed by atoms with Crippen LogP contribution in [0.4, 0.5) is 47.6 Å². The summed E-state index contributed by atoms with van der Waals surface area (Å²) in [6.45, 7) is 0.845. The van der Waals surface area contributed by atoms with Gasteiger partial charge in [-0.1, -0.05) is 0 Å². The van der Waals surface area contributed by atoms with Crippen molar-refractivity contribution >= 4 is 95.0 Å². The number of Topliss-reactive ketones (excluding diaryl/α,β-unsaturated/α-hetero) is 2. The average Bonchev–Trinajstić information content (AvgIpc) is 1.63. The Kier molecular flexibility index (Phi) is 32.3. The molecule has 600 valence electrons. The van der Waals surface area contributed by atoms with E-state index in [-0.39, 0.29) is 117 Å². The van der Waals surface area contributed by atoms with Crippen LogP contribution >= 0.6 is 0 Å². The molecule has 8 rings (SSSR count). The van der Waals surface area contributed by atoms with Gasteiger partial charge in [-0.15, -0.1) is 0 Å². The second-order valence-electron chi connectivity index (χ2n) is 20.4. The third-order valence-electron chi connectivity index (χ3n) is 10.5. The quantitative estimate of drug-likeness (QED) is 0.0168. The van der Waals surface area contributed by atoms with E-state index < -0.39 is 123 Å². The number of nitrogens with one attached hydrogen (secondary N) is 8. The Morgan fingerprint density at radius 1 is 0.324 bits per heavy atom. The van der Waals surface area contributed by atoms with Gasteiger partial charge < -0.3 is 67.6 Å². The number of esters is 6. The fourth-order valence-corrected chi connectivity index (χ4v) is 6.17. The van der Waals surface area contributed by atoms with Crippen molar-refractivity contribution in [3.63, 3.8) is 0 Å². The molecule has 0 spiro atoms. The lowest BCUT2D eigenvalue weighted by atomic mass is 10.4. The molecule has 8 aromatic heterocycles. The molecule has 0 fully saturated rings. The van der Waals surface area contributed by atoms with E-state index in [0.29, 0.717) is 26.2 Å². The van der Waals surface area contributed by atoms with Gasteiger partial charge in [0.05, 0.1) is 52.7 Å². The molecule has 0 aromatic carbocycles. The second kappa shape index (κ2) is 48.1. The normalized spacial score (nSPS) is 12.1. The van der Waals surface area contributed by atoms with Crippen molar-refractivity contribution in [2.24, 2.45) is 0 Å². The second-order valence-corrected chi connectivity index (χ2v) is 20.4. The summed E-state index contributed by atoms with van der Waals surface area (Å²) in [6, 6.07) is 0. The Hall–Kier alpha value is -13.9. The highest BCUT2D eigenvalue weighted by Crippen LogP contribution is 2.06. The van der Waals surface area contributed by atoms with Crippen molar-refractivity contribution in [3.05, 3.63) is 84.4 Å². The van der Waals surface area contributed by atoms with Crippen LogP contribution in [-0.2, 0) is 66.8 Å². The van der Waals surface area contributed by atoms with Gasteiger partial charge >= 0.3 is 81.9 Å². The van der Waals surface area contributed by atoms with Gasteiger partial charge in [0.15, 0.2) is 0 Å². The van der Waals surface area contributed by atoms with Crippen LogP contribution in [0.25, 0.3) is 0 Å². The van der Waals surface area contributed by atoms with Crippen LogP contribution in [0.1, 0.15) is 71.8 Å². The summed E-state index contributed by atoms with van der Waals surface area (Å²) in [5.74, 6) is -10.5. The van der Waals surface area contributed by atoms with Crippen molar-refractivity contribution in [2.75, 3.05) is 175 Å². The zero-order chi connectivity index (χ0) is 91.9. The number of carbonyl (C=O) groups is 8. The van der Waals surface area contributed by atoms with Gasteiger partial charge in [-0.05, 0) is 96.6 Å². The number of rotatable bonds is 28. The number of aromatic nitrogens is 16. The molecule has 0 amide bonds. The predicted octanol–water partition coefficient (Wildman–Crippen LogP) is -5.05. The topological polar surface area (TPSA) is 689 Å². The molecule has 8 heterocycles. The number of carbonyl (C=O) groups excluding carboxylic acids is 8. The molecule has 0 saturated carbocycles. The lowest BCUT2D eigenvalue weighted by molar-refractivity contribution is -0.146. The van der Waals surface area contributed by atoms with Crippen molar-refractivity contribution in [1.29, 1.82) is 0 Å². The third-order valence-corrected chi connectivity index (χ3v) is 10.5. The number of hydrogen-bond acceptors (Lipinski definition) is 46. The summed E-state index contributed by atoms with van der Waals surface area (Å²) in [7, 11) is 8.79. The highest BCUT2D eigenvalue weighted by Gasteiger charge is 2.18. The molecule has 8 N–H and O–H groups in total. The number of nitrogens with zero attached hydrogens (tertiary/aromatic N) is 16. The zero-order valence-corrected chi connectivity index (χ0v) is 59.6. The van der Waals surface area contributed by atoms with E-state index in [4.69, 9.17) is 30.7 Å². The minimum absolute atomic E-state index is 0.000648. The molecule has 0 aliphatic carbocycles. The maximum Gasteiger partial charge on any atom is 0.440 e. The Bertz CT molecular complexity index is 4960. The van der Waals surface area contributed by atoms with Crippen LogP contribution in [0.2, 0.25) is 0 Å². The minimum Gasteiger partial charge on any atom is -0.468 e. The predicted molar refractivity (Wildman–Crippen MR) is 364 cm³/mol. The number of aromatic amines is 8. The number of H-pyrrole nitrogens is 8. The van der Waals surface area contributed by atoms with E-state index in [9.17, 15) is 76.7 Å². The smallest absolute Gasteiger partial charge is 0.440 e. The maximum atomic E-state index is 11.4. The number of methoxy groups -OCH3 is 2. The molecule has 108 heavy (non-hydrogen) atoms. The molecule has 0 bridgehead atoms. The van der Waals surface area contributed by atoms with E-state index >= 15 is 0 Å². The molecule has 0 aliphatic heterocycles.